The van der Waals surface area contributed by atoms with E-state index >= 15 is 0 Å². The van der Waals surface area contributed by atoms with Gasteiger partial charge in [-0.25, -0.2) is 15.0 Å². The van der Waals surface area contributed by atoms with Gasteiger partial charge in [0.2, 0.25) is 5.95 Å². The van der Waals surface area contributed by atoms with E-state index in [0.29, 0.717) is 12.1 Å². The maximum atomic E-state index is 5.66. The molecule has 26 heavy (non-hydrogen) atoms. The number of thiazole rings is 1. The van der Waals surface area contributed by atoms with Gasteiger partial charge < -0.3 is 15.4 Å². The second-order valence-corrected chi connectivity index (χ2v) is 7.22. The molecule has 0 bridgehead atoms. The van der Waals surface area contributed by atoms with Crippen molar-refractivity contribution in [2.45, 2.75) is 25.9 Å². The van der Waals surface area contributed by atoms with Crippen LogP contribution in [0, 0.1) is 6.92 Å². The average Bonchev–Trinajstić information content (AvgIpc) is 3.31. The summed E-state index contributed by atoms with van der Waals surface area (Å²) in [5.74, 6) is 0.592. The fraction of sp³-hybridized carbons (Fsp3) is 0.316. The minimum Gasteiger partial charge on any atom is -0.376 e. The van der Waals surface area contributed by atoms with Gasteiger partial charge in [0, 0.05) is 31.2 Å². The number of benzene rings is 1. The maximum absolute atomic E-state index is 5.66. The molecule has 6 nitrogen and oxygen atoms in total. The largest absolute Gasteiger partial charge is 0.376 e. The van der Waals surface area contributed by atoms with Gasteiger partial charge in [-0.1, -0.05) is 23.5 Å². The Bertz CT molecular complexity index is 844. The van der Waals surface area contributed by atoms with E-state index in [2.05, 4.69) is 37.7 Å². The lowest BCUT2D eigenvalue weighted by molar-refractivity contribution is 0.120. The topological polar surface area (TPSA) is 72.0 Å². The van der Waals surface area contributed by atoms with E-state index in [1.165, 1.54) is 4.88 Å². The lowest BCUT2D eigenvalue weighted by Gasteiger charge is -2.09. The number of hydrogen-bond acceptors (Lipinski definition) is 7. The highest BCUT2D eigenvalue weighted by Crippen LogP contribution is 2.33. The molecule has 0 saturated carbocycles. The van der Waals surface area contributed by atoms with Gasteiger partial charge in [-0.3, -0.25) is 0 Å². The monoisotopic (exact) mass is 367 g/mol. The van der Waals surface area contributed by atoms with E-state index in [1.54, 1.807) is 29.8 Å². The molecule has 1 fully saturated rings. The van der Waals surface area contributed by atoms with Crippen LogP contribution in [0.25, 0.3) is 10.4 Å². The summed E-state index contributed by atoms with van der Waals surface area (Å²) >= 11 is 1.68. The second kappa shape index (κ2) is 7.80. The molecule has 1 aromatic carbocycles. The molecular weight excluding hydrogens is 346 g/mol. The molecule has 0 aliphatic carbocycles. The molecule has 1 atom stereocenters. The Kier molecular flexibility index (Phi) is 5.08. The van der Waals surface area contributed by atoms with Gasteiger partial charge >= 0.3 is 0 Å². The first-order valence-electron chi connectivity index (χ1n) is 8.75. The van der Waals surface area contributed by atoms with Crippen molar-refractivity contribution < 1.29 is 4.74 Å². The van der Waals surface area contributed by atoms with Crippen LogP contribution in [0.2, 0.25) is 0 Å². The van der Waals surface area contributed by atoms with Gasteiger partial charge in [-0.15, -0.1) is 0 Å². The molecule has 3 heterocycles. The highest BCUT2D eigenvalue weighted by molar-refractivity contribution is 7.19. The van der Waals surface area contributed by atoms with Crippen molar-refractivity contribution in [1.82, 2.24) is 15.0 Å². The average molecular weight is 367 g/mol. The smallest absolute Gasteiger partial charge is 0.227 e. The van der Waals surface area contributed by atoms with E-state index in [1.807, 2.05) is 19.1 Å². The maximum Gasteiger partial charge on any atom is 0.227 e. The van der Waals surface area contributed by atoms with Crippen LogP contribution < -0.4 is 10.6 Å². The van der Waals surface area contributed by atoms with Crippen LogP contribution in [0.15, 0.2) is 42.7 Å². The van der Waals surface area contributed by atoms with E-state index < -0.39 is 0 Å². The molecule has 2 aromatic heterocycles. The number of nitrogens with zero attached hydrogens (tertiary/aromatic N) is 3. The molecule has 1 saturated heterocycles. The lowest BCUT2D eigenvalue weighted by atomic mass is 10.1. The SMILES string of the molecule is Cc1nc(NCC2CCCO2)sc1-c1ccc(Nc2ncccn2)cc1. The van der Waals surface area contributed by atoms with Crippen molar-refractivity contribution >= 4 is 28.1 Å². The molecule has 134 valence electrons. The molecule has 1 unspecified atom stereocenters. The van der Waals surface area contributed by atoms with Gasteiger partial charge in [-0.2, -0.15) is 0 Å². The molecule has 1 aliphatic heterocycles. The third-order valence-corrected chi connectivity index (χ3v) is 5.43. The van der Waals surface area contributed by atoms with Crippen LogP contribution in [0.4, 0.5) is 16.8 Å². The molecular formula is C19H21N5OS. The highest BCUT2D eigenvalue weighted by atomic mass is 32.1. The van der Waals surface area contributed by atoms with Crippen LogP contribution in [0.5, 0.6) is 0 Å². The molecule has 1 aliphatic rings. The van der Waals surface area contributed by atoms with Gasteiger partial charge in [-0.05, 0) is 43.5 Å². The molecule has 0 spiro atoms. The molecule has 0 amide bonds. The summed E-state index contributed by atoms with van der Waals surface area (Å²) < 4.78 is 5.66. The number of hydrogen-bond donors (Lipinski definition) is 2. The number of ether oxygens (including phenoxy) is 1. The Morgan fingerprint density at radius 1 is 1.19 bits per heavy atom. The van der Waals surface area contributed by atoms with E-state index in [0.717, 1.165) is 48.1 Å². The summed E-state index contributed by atoms with van der Waals surface area (Å²) in [6, 6.07) is 10.0. The Hall–Kier alpha value is -2.51. The standard InChI is InChI=1S/C19H21N5OS/c1-13-17(26-19(23-13)22-12-16-4-2-11-25-16)14-5-7-15(8-6-14)24-18-20-9-3-10-21-18/h3,5-10,16H,2,4,11-12H2,1H3,(H,22,23)(H,20,21,24). The van der Waals surface area contributed by atoms with Gasteiger partial charge in [0.05, 0.1) is 16.7 Å². The third kappa shape index (κ3) is 4.00. The summed E-state index contributed by atoms with van der Waals surface area (Å²) in [6.45, 7) is 3.75. The summed E-state index contributed by atoms with van der Waals surface area (Å²) in [5.41, 5.74) is 3.15. The Morgan fingerprint density at radius 2 is 2.00 bits per heavy atom. The first kappa shape index (κ1) is 16.9. The fourth-order valence-corrected chi connectivity index (χ4v) is 3.92. The van der Waals surface area contributed by atoms with Crippen LogP contribution >= 0.6 is 11.3 Å². The zero-order chi connectivity index (χ0) is 17.8. The van der Waals surface area contributed by atoms with Crippen molar-refractivity contribution in [2.24, 2.45) is 0 Å². The van der Waals surface area contributed by atoms with Crippen LogP contribution in [0.1, 0.15) is 18.5 Å². The van der Waals surface area contributed by atoms with Crippen molar-refractivity contribution in [3.63, 3.8) is 0 Å². The predicted molar refractivity (Wildman–Crippen MR) is 105 cm³/mol. The number of nitrogens with one attached hydrogen (secondary N) is 2. The minimum absolute atomic E-state index is 0.313. The first-order chi connectivity index (χ1) is 12.8. The molecule has 3 aromatic rings. The van der Waals surface area contributed by atoms with E-state index in [4.69, 9.17) is 4.74 Å². The Morgan fingerprint density at radius 3 is 2.73 bits per heavy atom. The normalized spacial score (nSPS) is 16.6. The van der Waals surface area contributed by atoms with Crippen molar-refractivity contribution in [2.75, 3.05) is 23.8 Å². The molecule has 7 heteroatoms. The number of anilines is 3. The summed E-state index contributed by atoms with van der Waals surface area (Å²) in [5, 5.41) is 7.56. The van der Waals surface area contributed by atoms with Gasteiger partial charge in [0.1, 0.15) is 0 Å². The molecule has 0 radical (unpaired) electrons. The highest BCUT2D eigenvalue weighted by Gasteiger charge is 2.16. The first-order valence-corrected chi connectivity index (χ1v) is 9.57. The van der Waals surface area contributed by atoms with Gasteiger partial charge in [0.15, 0.2) is 5.13 Å². The van der Waals surface area contributed by atoms with Crippen LogP contribution in [-0.4, -0.2) is 34.2 Å². The van der Waals surface area contributed by atoms with E-state index in [-0.39, 0.29) is 0 Å². The van der Waals surface area contributed by atoms with Crippen molar-refractivity contribution in [3.05, 3.63) is 48.4 Å². The number of aromatic nitrogens is 3. The third-order valence-electron chi connectivity index (χ3n) is 4.27. The van der Waals surface area contributed by atoms with Crippen molar-refractivity contribution in [3.8, 4) is 10.4 Å². The summed E-state index contributed by atoms with van der Waals surface area (Å²) in [6.07, 6.45) is 6.03. The Balaban J connectivity index is 1.43. The second-order valence-electron chi connectivity index (χ2n) is 6.22. The molecule has 4 rings (SSSR count). The van der Waals surface area contributed by atoms with Gasteiger partial charge in [0.25, 0.3) is 0 Å². The zero-order valence-corrected chi connectivity index (χ0v) is 15.4. The number of rotatable bonds is 6. The van der Waals surface area contributed by atoms with Crippen LogP contribution in [0.3, 0.4) is 0 Å². The van der Waals surface area contributed by atoms with Crippen molar-refractivity contribution in [1.29, 1.82) is 0 Å². The minimum atomic E-state index is 0.313. The lowest BCUT2D eigenvalue weighted by Crippen LogP contribution is -2.18. The number of aryl methyl sites for hydroxylation is 1. The van der Waals surface area contributed by atoms with E-state index in [9.17, 15) is 0 Å². The Labute approximate surface area is 156 Å². The summed E-state index contributed by atoms with van der Waals surface area (Å²) in [7, 11) is 0. The zero-order valence-electron chi connectivity index (χ0n) is 14.6. The quantitative estimate of drug-likeness (QED) is 0.679. The predicted octanol–water partition coefficient (Wildman–Crippen LogP) is 4.24. The fourth-order valence-electron chi connectivity index (χ4n) is 2.94. The molecule has 2 N–H and O–H groups in total. The van der Waals surface area contributed by atoms with Crippen LogP contribution in [-0.2, 0) is 4.74 Å². The summed E-state index contributed by atoms with van der Waals surface area (Å²) in [4.78, 5) is 14.2.